The van der Waals surface area contributed by atoms with Gasteiger partial charge in [0.25, 0.3) is 0 Å². The van der Waals surface area contributed by atoms with Crippen molar-refractivity contribution in [2.75, 3.05) is 12.4 Å². The summed E-state index contributed by atoms with van der Waals surface area (Å²) in [4.78, 5) is 4.46. The number of hydrogen-bond acceptors (Lipinski definition) is 5. The molecule has 0 unspecified atom stereocenters. The highest BCUT2D eigenvalue weighted by atomic mass is 16.5. The van der Waals surface area contributed by atoms with Crippen LogP contribution in [0.1, 0.15) is 0 Å². The predicted molar refractivity (Wildman–Crippen MR) is 91.5 cm³/mol. The van der Waals surface area contributed by atoms with Gasteiger partial charge in [0.05, 0.1) is 19.5 Å². The molecule has 0 aliphatic rings. The van der Waals surface area contributed by atoms with E-state index >= 15 is 0 Å². The zero-order valence-electron chi connectivity index (χ0n) is 13.3. The molecule has 24 heavy (non-hydrogen) atoms. The average molecular weight is 320 g/mol. The third kappa shape index (κ3) is 2.45. The van der Waals surface area contributed by atoms with Crippen molar-refractivity contribution in [3.8, 4) is 16.9 Å². The largest absolute Gasteiger partial charge is 0.497 e. The third-order valence-corrected chi connectivity index (χ3v) is 3.78. The van der Waals surface area contributed by atoms with E-state index in [9.17, 15) is 0 Å². The van der Waals surface area contributed by atoms with E-state index in [4.69, 9.17) is 4.74 Å². The highest BCUT2D eigenvalue weighted by Crippen LogP contribution is 2.26. The molecule has 1 N–H and O–H groups in total. The number of anilines is 2. The topological polar surface area (TPSA) is 69.3 Å². The third-order valence-electron chi connectivity index (χ3n) is 3.78. The van der Waals surface area contributed by atoms with Gasteiger partial charge in [-0.15, -0.1) is 0 Å². The molecule has 1 aromatic carbocycles. The van der Waals surface area contributed by atoms with Crippen LogP contribution in [0.4, 0.5) is 11.5 Å². The van der Waals surface area contributed by atoms with Gasteiger partial charge in [0.2, 0.25) is 0 Å². The summed E-state index contributed by atoms with van der Waals surface area (Å²) in [6, 6.07) is 9.61. The second-order valence-electron chi connectivity index (χ2n) is 5.38. The lowest BCUT2D eigenvalue weighted by molar-refractivity contribution is 0.415. The van der Waals surface area contributed by atoms with Crippen LogP contribution in [0.5, 0.6) is 5.75 Å². The van der Waals surface area contributed by atoms with Gasteiger partial charge in [-0.25, -0.2) is 4.98 Å². The van der Waals surface area contributed by atoms with E-state index in [2.05, 4.69) is 20.5 Å². The average Bonchev–Trinajstić information content (AvgIpc) is 3.22. The second kappa shape index (κ2) is 5.69. The van der Waals surface area contributed by atoms with Crippen LogP contribution in [0, 0.1) is 0 Å². The van der Waals surface area contributed by atoms with Gasteiger partial charge in [-0.2, -0.15) is 14.7 Å². The Hall–Kier alpha value is -3.35. The van der Waals surface area contributed by atoms with Gasteiger partial charge in [-0.05, 0) is 30.3 Å². The molecule has 0 fully saturated rings. The number of nitrogens with zero attached hydrogens (tertiary/aromatic N) is 5. The van der Waals surface area contributed by atoms with Gasteiger partial charge in [0.1, 0.15) is 11.6 Å². The Kier molecular flexibility index (Phi) is 3.38. The first-order chi connectivity index (χ1) is 11.7. The summed E-state index contributed by atoms with van der Waals surface area (Å²) in [5.74, 6) is 1.65. The number of methoxy groups -OCH3 is 1. The van der Waals surface area contributed by atoms with Gasteiger partial charge in [-0.1, -0.05) is 0 Å². The van der Waals surface area contributed by atoms with E-state index in [0.29, 0.717) is 0 Å². The lowest BCUT2D eigenvalue weighted by atomic mass is 10.2. The highest BCUT2D eigenvalue weighted by Gasteiger charge is 2.12. The van der Waals surface area contributed by atoms with E-state index < -0.39 is 0 Å². The molecule has 4 rings (SSSR count). The van der Waals surface area contributed by atoms with Gasteiger partial charge < -0.3 is 10.1 Å². The fourth-order valence-electron chi connectivity index (χ4n) is 2.57. The zero-order valence-corrected chi connectivity index (χ0v) is 13.3. The lowest BCUT2D eigenvalue weighted by Gasteiger charge is -2.09. The molecule has 0 saturated carbocycles. The Bertz CT molecular complexity index is 986. The molecule has 0 aliphatic carbocycles. The quantitative estimate of drug-likeness (QED) is 0.626. The van der Waals surface area contributed by atoms with E-state index in [0.717, 1.165) is 34.0 Å². The monoisotopic (exact) mass is 320 g/mol. The van der Waals surface area contributed by atoms with Gasteiger partial charge in [-0.3, -0.25) is 4.68 Å². The molecule has 0 radical (unpaired) electrons. The smallest absolute Gasteiger partial charge is 0.165 e. The number of nitrogens with one attached hydrogen (secondary N) is 1. The van der Waals surface area contributed by atoms with Crippen LogP contribution in [0.3, 0.4) is 0 Å². The summed E-state index contributed by atoms with van der Waals surface area (Å²) in [5.41, 5.74) is 3.66. The maximum atomic E-state index is 5.18. The summed E-state index contributed by atoms with van der Waals surface area (Å²) >= 11 is 0. The standard InChI is InChI=1S/C17H16N6O/c1-22-11-12(9-19-22)15-10-20-23-16(7-8-18-17(15)23)21-13-3-5-14(24-2)6-4-13/h3-11,21H,1-2H3. The molecule has 0 bridgehead atoms. The summed E-state index contributed by atoms with van der Waals surface area (Å²) in [5, 5.41) is 12.0. The first kappa shape index (κ1) is 14.3. The van der Waals surface area contributed by atoms with E-state index in [1.54, 1.807) is 28.7 Å². The molecule has 0 amide bonds. The number of aromatic nitrogens is 5. The molecule has 0 saturated heterocycles. The number of hydrogen-bond donors (Lipinski definition) is 1. The SMILES string of the molecule is COc1ccc(Nc2ccnc3c(-c4cnn(C)c4)cnn23)cc1. The fourth-order valence-corrected chi connectivity index (χ4v) is 2.57. The molecule has 4 aromatic rings. The molecule has 3 heterocycles. The van der Waals surface area contributed by atoms with Crippen molar-refractivity contribution in [3.63, 3.8) is 0 Å². The number of rotatable bonds is 4. The van der Waals surface area contributed by atoms with Crippen molar-refractivity contribution in [2.24, 2.45) is 7.05 Å². The Labute approximate surface area is 138 Å². The zero-order chi connectivity index (χ0) is 16.5. The molecule has 120 valence electrons. The Balaban J connectivity index is 1.72. The summed E-state index contributed by atoms with van der Waals surface area (Å²) < 4.78 is 8.73. The van der Waals surface area contributed by atoms with Crippen molar-refractivity contribution in [3.05, 3.63) is 55.1 Å². The van der Waals surface area contributed by atoms with Gasteiger partial charge >= 0.3 is 0 Å². The molecule has 3 aromatic heterocycles. The Morgan fingerprint density at radius 2 is 1.88 bits per heavy atom. The highest BCUT2D eigenvalue weighted by molar-refractivity contribution is 5.77. The first-order valence-electron chi connectivity index (χ1n) is 7.47. The minimum absolute atomic E-state index is 0.779. The summed E-state index contributed by atoms with van der Waals surface area (Å²) in [6.45, 7) is 0. The predicted octanol–water partition coefficient (Wildman–Crippen LogP) is 2.88. The van der Waals surface area contributed by atoms with Crippen LogP contribution in [0.2, 0.25) is 0 Å². The maximum Gasteiger partial charge on any atom is 0.165 e. The van der Waals surface area contributed by atoms with Crippen molar-refractivity contribution >= 4 is 17.2 Å². The van der Waals surface area contributed by atoms with Crippen LogP contribution in [-0.4, -0.2) is 31.5 Å². The molecule has 0 aliphatic heterocycles. The van der Waals surface area contributed by atoms with Crippen LogP contribution in [-0.2, 0) is 7.05 Å². The second-order valence-corrected chi connectivity index (χ2v) is 5.38. The minimum Gasteiger partial charge on any atom is -0.497 e. The van der Waals surface area contributed by atoms with Crippen LogP contribution < -0.4 is 10.1 Å². The number of benzene rings is 1. The summed E-state index contributed by atoms with van der Waals surface area (Å²) in [6.07, 6.45) is 7.33. The summed E-state index contributed by atoms with van der Waals surface area (Å²) in [7, 11) is 3.54. The molecular formula is C17H16N6O. The van der Waals surface area contributed by atoms with Gasteiger partial charge in [0.15, 0.2) is 5.65 Å². The Morgan fingerprint density at radius 3 is 2.58 bits per heavy atom. The number of fused-ring (bicyclic) bond motifs is 1. The first-order valence-corrected chi connectivity index (χ1v) is 7.47. The van der Waals surface area contributed by atoms with Gasteiger partial charge in [0, 0.05) is 36.3 Å². The molecule has 0 spiro atoms. The lowest BCUT2D eigenvalue weighted by Crippen LogP contribution is -2.00. The van der Waals surface area contributed by atoms with Crippen molar-refractivity contribution in [1.29, 1.82) is 0 Å². The van der Waals surface area contributed by atoms with Crippen molar-refractivity contribution in [1.82, 2.24) is 24.4 Å². The maximum absolute atomic E-state index is 5.18. The molecule has 7 nitrogen and oxygen atoms in total. The van der Waals surface area contributed by atoms with Crippen LogP contribution in [0.15, 0.2) is 55.1 Å². The van der Waals surface area contributed by atoms with Crippen molar-refractivity contribution in [2.45, 2.75) is 0 Å². The molecule has 0 atom stereocenters. The minimum atomic E-state index is 0.779. The van der Waals surface area contributed by atoms with Crippen LogP contribution in [0.25, 0.3) is 16.8 Å². The Morgan fingerprint density at radius 1 is 1.04 bits per heavy atom. The number of ether oxygens (including phenoxy) is 1. The van der Waals surface area contributed by atoms with Crippen LogP contribution >= 0.6 is 0 Å². The number of aryl methyl sites for hydroxylation is 1. The van der Waals surface area contributed by atoms with E-state index in [1.807, 2.05) is 49.8 Å². The van der Waals surface area contributed by atoms with E-state index in [-0.39, 0.29) is 0 Å². The normalized spacial score (nSPS) is 10.9. The van der Waals surface area contributed by atoms with E-state index in [1.165, 1.54) is 0 Å². The van der Waals surface area contributed by atoms with Crippen molar-refractivity contribution < 1.29 is 4.74 Å². The fraction of sp³-hybridized carbons (Fsp3) is 0.118. The molecule has 7 heteroatoms. The molecular weight excluding hydrogens is 304 g/mol.